The number of likely N-dealkylation sites (N-methyl/N-ethyl adjacent to an activating group) is 1. The number of anilines is 1. The first-order valence-electron chi connectivity index (χ1n) is 11.1. The highest BCUT2D eigenvalue weighted by atomic mass is 16.5. The Morgan fingerprint density at radius 2 is 2.03 bits per heavy atom. The normalized spacial score (nSPS) is 21.8. The van der Waals surface area contributed by atoms with Crippen LogP contribution in [0, 0.1) is 0 Å². The number of allylic oxidation sites excluding steroid dienone is 4. The summed E-state index contributed by atoms with van der Waals surface area (Å²) < 4.78 is 5.56. The number of carbonyl (C=O) groups is 1. The van der Waals surface area contributed by atoms with Crippen LogP contribution < -0.4 is 11.5 Å². The Labute approximate surface area is 187 Å². The van der Waals surface area contributed by atoms with Gasteiger partial charge in [-0.3, -0.25) is 4.79 Å². The molecule has 0 radical (unpaired) electrons. The van der Waals surface area contributed by atoms with Crippen molar-refractivity contribution in [1.29, 1.82) is 0 Å². The Bertz CT molecular complexity index is 881. The smallest absolute Gasteiger partial charge is 0.224 e. The average Bonchev–Trinajstić information content (AvgIpc) is 2.82. The van der Waals surface area contributed by atoms with E-state index in [1.807, 2.05) is 0 Å². The van der Waals surface area contributed by atoms with Crippen LogP contribution in [-0.4, -0.2) is 37.6 Å². The summed E-state index contributed by atoms with van der Waals surface area (Å²) in [6.45, 7) is 6.84. The van der Waals surface area contributed by atoms with Gasteiger partial charge in [0.15, 0.2) is 0 Å². The minimum atomic E-state index is 0. The summed E-state index contributed by atoms with van der Waals surface area (Å²) >= 11 is 0. The number of methoxy groups -OCH3 is 1. The van der Waals surface area contributed by atoms with E-state index < -0.39 is 0 Å². The maximum absolute atomic E-state index is 11.7. The van der Waals surface area contributed by atoms with Gasteiger partial charge in [0.1, 0.15) is 0 Å². The van der Waals surface area contributed by atoms with E-state index in [-0.39, 0.29) is 12.1 Å². The fourth-order valence-electron chi connectivity index (χ4n) is 4.05. The standard InChI is InChI=1S/C26H34N2O2.H3N/c1-4-7-20-8-6-17-28(5-2)25(23(13-9-20)19-30-3)15-11-21-10-12-22-14-16-26(29)27-24(22)18-21;/h6,8-12,15,18H,4-5,7,13-14,16-17,19H2,1-3H3,(H,27,29);1H3/b8-6-,15-11+,20-9-,25-23+;. The van der Waals surface area contributed by atoms with Crippen molar-refractivity contribution in [2.24, 2.45) is 0 Å². The molecule has 0 saturated heterocycles. The molecule has 0 saturated carbocycles. The fourth-order valence-corrected chi connectivity index (χ4v) is 4.05. The Hall–Kier alpha value is -2.63. The van der Waals surface area contributed by atoms with Gasteiger partial charge in [0.25, 0.3) is 0 Å². The summed E-state index contributed by atoms with van der Waals surface area (Å²) in [5.74, 6) is 0.101. The van der Waals surface area contributed by atoms with Crippen LogP contribution in [0.1, 0.15) is 50.7 Å². The van der Waals surface area contributed by atoms with Gasteiger partial charge in [-0.1, -0.05) is 55.4 Å². The topological polar surface area (TPSA) is 76.6 Å². The second-order valence-electron chi connectivity index (χ2n) is 7.89. The van der Waals surface area contributed by atoms with Crippen LogP contribution in [0.25, 0.3) is 6.08 Å². The molecule has 0 spiro atoms. The van der Waals surface area contributed by atoms with Gasteiger partial charge in [-0.15, -0.1) is 0 Å². The zero-order valence-electron chi connectivity index (χ0n) is 19.2. The van der Waals surface area contributed by atoms with Gasteiger partial charge in [-0.2, -0.15) is 0 Å². The molecule has 168 valence electrons. The minimum absolute atomic E-state index is 0. The number of hydrogen-bond donors (Lipinski definition) is 2. The summed E-state index contributed by atoms with van der Waals surface area (Å²) in [5.41, 5.74) is 7.16. The first kappa shape index (κ1) is 24.6. The van der Waals surface area contributed by atoms with Crippen molar-refractivity contribution in [2.45, 2.75) is 46.0 Å². The highest BCUT2D eigenvalue weighted by molar-refractivity contribution is 5.94. The Morgan fingerprint density at radius 1 is 1.19 bits per heavy atom. The van der Waals surface area contributed by atoms with Gasteiger partial charge in [0.2, 0.25) is 5.91 Å². The largest absolute Gasteiger partial charge is 0.380 e. The van der Waals surface area contributed by atoms with Gasteiger partial charge >= 0.3 is 0 Å². The lowest BCUT2D eigenvalue weighted by Gasteiger charge is -2.25. The lowest BCUT2D eigenvalue weighted by atomic mass is 10.00. The Morgan fingerprint density at radius 3 is 2.77 bits per heavy atom. The monoisotopic (exact) mass is 423 g/mol. The first-order valence-corrected chi connectivity index (χ1v) is 11.1. The summed E-state index contributed by atoms with van der Waals surface area (Å²) in [7, 11) is 1.76. The molecule has 0 atom stereocenters. The van der Waals surface area contributed by atoms with E-state index in [2.05, 4.69) is 72.6 Å². The predicted octanol–water partition coefficient (Wildman–Crippen LogP) is 5.66. The van der Waals surface area contributed by atoms with E-state index in [4.69, 9.17) is 4.74 Å². The lowest BCUT2D eigenvalue weighted by Crippen LogP contribution is -2.24. The van der Waals surface area contributed by atoms with Crippen molar-refractivity contribution in [3.63, 3.8) is 0 Å². The van der Waals surface area contributed by atoms with Gasteiger partial charge in [-0.05, 0) is 55.0 Å². The Balaban J connectivity index is 0.00000341. The second kappa shape index (κ2) is 12.3. The molecule has 0 unspecified atom stereocenters. The zero-order valence-corrected chi connectivity index (χ0v) is 19.2. The molecule has 5 heteroatoms. The molecule has 2 heterocycles. The van der Waals surface area contributed by atoms with Crippen molar-refractivity contribution >= 4 is 17.7 Å². The summed E-state index contributed by atoms with van der Waals surface area (Å²) in [5, 5.41) is 3.00. The third-order valence-electron chi connectivity index (χ3n) is 5.67. The van der Waals surface area contributed by atoms with E-state index in [0.29, 0.717) is 13.0 Å². The molecule has 5 nitrogen and oxygen atoms in total. The summed E-state index contributed by atoms with van der Waals surface area (Å²) in [6, 6.07) is 6.33. The lowest BCUT2D eigenvalue weighted by molar-refractivity contribution is -0.116. The molecule has 1 aromatic rings. The molecular weight excluding hydrogens is 386 g/mol. The van der Waals surface area contributed by atoms with E-state index in [9.17, 15) is 4.79 Å². The molecule has 4 N–H and O–H groups in total. The van der Waals surface area contributed by atoms with E-state index >= 15 is 0 Å². The number of nitrogens with one attached hydrogen (secondary N) is 1. The molecule has 0 bridgehead atoms. The highest BCUT2D eigenvalue weighted by Crippen LogP contribution is 2.26. The second-order valence-corrected chi connectivity index (χ2v) is 7.89. The number of nitrogens with zero attached hydrogens (tertiary/aromatic N) is 1. The van der Waals surface area contributed by atoms with Gasteiger partial charge in [-0.25, -0.2) is 0 Å². The third-order valence-corrected chi connectivity index (χ3v) is 5.67. The van der Waals surface area contributed by atoms with Gasteiger partial charge < -0.3 is 21.1 Å². The molecule has 0 aromatic heterocycles. The maximum atomic E-state index is 11.7. The van der Waals surface area contributed by atoms with Gasteiger partial charge in [0, 0.05) is 38.0 Å². The quantitative estimate of drug-likeness (QED) is 0.594. The molecule has 2 aliphatic rings. The SMILES string of the molecule is CCCC1=C/C/C(COC)=C(/C=C/c2ccc3c(c2)NC(=O)CC3)N(CC)C/C=C\1.N. The van der Waals surface area contributed by atoms with Crippen molar-refractivity contribution in [2.75, 3.05) is 32.1 Å². The predicted molar refractivity (Wildman–Crippen MR) is 130 cm³/mol. The molecule has 0 aliphatic carbocycles. The number of ether oxygens (including phenoxy) is 1. The maximum Gasteiger partial charge on any atom is 0.224 e. The Kier molecular flexibility index (Phi) is 9.76. The summed E-state index contributed by atoms with van der Waals surface area (Å²) in [6.07, 6.45) is 15.8. The number of rotatable bonds is 7. The van der Waals surface area contributed by atoms with Crippen molar-refractivity contribution < 1.29 is 9.53 Å². The van der Waals surface area contributed by atoms with Crippen LogP contribution in [0.4, 0.5) is 5.69 Å². The van der Waals surface area contributed by atoms with E-state index in [0.717, 1.165) is 50.0 Å². The van der Waals surface area contributed by atoms with Crippen LogP contribution in [0.3, 0.4) is 0 Å². The van der Waals surface area contributed by atoms with E-state index in [1.54, 1.807) is 7.11 Å². The van der Waals surface area contributed by atoms with Crippen molar-refractivity contribution in [3.8, 4) is 0 Å². The average molecular weight is 424 g/mol. The van der Waals surface area contributed by atoms with Crippen molar-refractivity contribution in [3.05, 3.63) is 70.5 Å². The number of aryl methyl sites for hydroxylation is 1. The van der Waals surface area contributed by atoms with Crippen LogP contribution in [0.15, 0.2) is 59.3 Å². The minimum Gasteiger partial charge on any atom is -0.380 e. The fraction of sp³-hybridized carbons (Fsp3) is 0.423. The van der Waals surface area contributed by atoms with Crippen LogP contribution in [-0.2, 0) is 16.0 Å². The molecule has 31 heavy (non-hydrogen) atoms. The van der Waals surface area contributed by atoms with Crippen LogP contribution in [0.2, 0.25) is 0 Å². The molecule has 2 aliphatic heterocycles. The summed E-state index contributed by atoms with van der Waals surface area (Å²) in [4.78, 5) is 14.1. The number of benzene rings is 1. The van der Waals surface area contributed by atoms with Crippen LogP contribution >= 0.6 is 0 Å². The zero-order chi connectivity index (χ0) is 21.3. The molecule has 1 aromatic carbocycles. The molecular formula is C26H37N3O2. The number of fused-ring (bicyclic) bond motifs is 1. The number of carbonyl (C=O) groups excluding carboxylic acids is 1. The first-order chi connectivity index (χ1) is 14.6. The van der Waals surface area contributed by atoms with Crippen LogP contribution in [0.5, 0.6) is 0 Å². The van der Waals surface area contributed by atoms with Gasteiger partial charge in [0.05, 0.1) is 6.61 Å². The number of hydrogen-bond acceptors (Lipinski definition) is 4. The highest BCUT2D eigenvalue weighted by Gasteiger charge is 2.15. The molecule has 0 fully saturated rings. The third kappa shape index (κ3) is 6.68. The number of amides is 1. The molecule has 3 rings (SSSR count). The van der Waals surface area contributed by atoms with Crippen molar-refractivity contribution in [1.82, 2.24) is 11.1 Å². The molecule has 1 amide bonds. The van der Waals surface area contributed by atoms with E-state index in [1.165, 1.54) is 22.4 Å².